The molecule has 0 aliphatic rings. The van der Waals surface area contributed by atoms with Crippen molar-refractivity contribution >= 4 is 28.7 Å². The molecule has 0 saturated heterocycles. The molecule has 0 bridgehead atoms. The number of halogens is 1. The number of rotatable bonds is 2. The summed E-state index contributed by atoms with van der Waals surface area (Å²) in [6.45, 7) is 1.87. The van der Waals surface area contributed by atoms with Crippen LogP contribution in [0.2, 0.25) is 5.28 Å². The van der Waals surface area contributed by atoms with Crippen molar-refractivity contribution in [1.82, 2.24) is 9.97 Å². The number of ether oxygens (including phenoxy) is 1. The van der Waals surface area contributed by atoms with E-state index in [9.17, 15) is 4.79 Å². The largest absolute Gasteiger partial charge is 0.415 e. The molecule has 1 heterocycles. The lowest BCUT2D eigenvalue weighted by molar-refractivity contribution is 0.226. The first-order chi connectivity index (χ1) is 6.22. The van der Waals surface area contributed by atoms with E-state index in [2.05, 4.69) is 9.97 Å². The Labute approximate surface area is 84.7 Å². The fourth-order valence-corrected chi connectivity index (χ4v) is 1.09. The number of nitrogens with zero attached hydrogens (tertiary/aromatic N) is 2. The van der Waals surface area contributed by atoms with Gasteiger partial charge in [0.25, 0.3) is 0 Å². The lowest BCUT2D eigenvalue weighted by Crippen LogP contribution is -2.01. The van der Waals surface area contributed by atoms with Crippen molar-refractivity contribution < 1.29 is 9.53 Å². The highest BCUT2D eigenvalue weighted by Gasteiger charge is 2.04. The number of carbonyl (C=O) groups excluding carboxylic acids is 1. The van der Waals surface area contributed by atoms with Crippen LogP contribution in [0.15, 0.2) is 12.4 Å². The van der Waals surface area contributed by atoms with E-state index in [1.165, 1.54) is 12.4 Å². The highest BCUT2D eigenvalue weighted by atomic mass is 35.5. The molecule has 0 saturated carbocycles. The summed E-state index contributed by atoms with van der Waals surface area (Å²) in [6, 6.07) is 0. The number of aromatic nitrogens is 2. The maximum atomic E-state index is 10.9. The SMILES string of the molecule is CCSC(=O)Oc1cnc(Cl)nc1. The Bertz CT molecular complexity index is 291. The second kappa shape index (κ2) is 5.04. The maximum absolute atomic E-state index is 10.9. The van der Waals surface area contributed by atoms with E-state index in [-0.39, 0.29) is 10.6 Å². The Morgan fingerprint density at radius 2 is 2.23 bits per heavy atom. The van der Waals surface area contributed by atoms with E-state index in [4.69, 9.17) is 16.3 Å². The van der Waals surface area contributed by atoms with E-state index < -0.39 is 0 Å². The van der Waals surface area contributed by atoms with Crippen LogP contribution >= 0.6 is 23.4 Å². The molecule has 0 unspecified atom stereocenters. The van der Waals surface area contributed by atoms with E-state index in [0.29, 0.717) is 11.5 Å². The molecular weight excluding hydrogens is 212 g/mol. The summed E-state index contributed by atoms with van der Waals surface area (Å²) in [5, 5.41) is -0.239. The molecule has 0 atom stereocenters. The average Bonchev–Trinajstić information content (AvgIpc) is 2.09. The summed E-state index contributed by atoms with van der Waals surface area (Å²) >= 11 is 6.52. The molecule has 0 N–H and O–H groups in total. The smallest absolute Gasteiger partial charge is 0.372 e. The predicted octanol–water partition coefficient (Wildman–Crippen LogP) is 2.38. The summed E-state index contributed by atoms with van der Waals surface area (Å²) < 4.78 is 4.85. The Hall–Kier alpha value is -0.810. The molecule has 4 nitrogen and oxygen atoms in total. The minimum atomic E-state index is -0.367. The van der Waals surface area contributed by atoms with Crippen molar-refractivity contribution in [3.8, 4) is 5.75 Å². The maximum Gasteiger partial charge on any atom is 0.372 e. The number of hydrogen-bond acceptors (Lipinski definition) is 5. The van der Waals surface area contributed by atoms with Gasteiger partial charge >= 0.3 is 5.30 Å². The van der Waals surface area contributed by atoms with Gasteiger partial charge in [-0.1, -0.05) is 6.92 Å². The first-order valence-corrected chi connectivity index (χ1v) is 4.91. The molecule has 6 heteroatoms. The fraction of sp³-hybridized carbons (Fsp3) is 0.286. The minimum Gasteiger partial charge on any atom is -0.415 e. The quantitative estimate of drug-likeness (QED) is 0.564. The van der Waals surface area contributed by atoms with Crippen LogP contribution in [0.4, 0.5) is 4.79 Å². The van der Waals surface area contributed by atoms with Crippen LogP contribution in [0.25, 0.3) is 0 Å². The molecule has 0 amide bonds. The molecule has 1 aromatic rings. The monoisotopic (exact) mass is 218 g/mol. The molecule has 0 fully saturated rings. The van der Waals surface area contributed by atoms with Crippen LogP contribution in [-0.2, 0) is 0 Å². The van der Waals surface area contributed by atoms with Gasteiger partial charge in [0.1, 0.15) is 0 Å². The number of thioether (sulfide) groups is 1. The van der Waals surface area contributed by atoms with E-state index in [1.807, 2.05) is 6.92 Å². The standard InChI is InChI=1S/C7H7ClN2O2S/c1-2-13-7(11)12-5-3-9-6(8)10-4-5/h3-4H,2H2,1H3. The molecule has 0 spiro atoms. The lowest BCUT2D eigenvalue weighted by atomic mass is 10.6. The van der Waals surface area contributed by atoms with Gasteiger partial charge in [0.2, 0.25) is 5.28 Å². The summed E-state index contributed by atoms with van der Waals surface area (Å²) in [5.74, 6) is 0.975. The van der Waals surface area contributed by atoms with Crippen LogP contribution in [-0.4, -0.2) is 21.0 Å². The van der Waals surface area contributed by atoms with Crippen molar-refractivity contribution in [3.63, 3.8) is 0 Å². The average molecular weight is 219 g/mol. The normalized spacial score (nSPS) is 9.69. The van der Waals surface area contributed by atoms with Gasteiger partial charge in [0, 0.05) is 5.75 Å². The molecule has 0 aliphatic carbocycles. The highest BCUT2D eigenvalue weighted by Crippen LogP contribution is 2.12. The zero-order valence-electron chi connectivity index (χ0n) is 6.86. The van der Waals surface area contributed by atoms with Crippen molar-refractivity contribution in [1.29, 1.82) is 0 Å². The topological polar surface area (TPSA) is 52.1 Å². The third-order valence-electron chi connectivity index (χ3n) is 1.06. The second-order valence-electron chi connectivity index (χ2n) is 1.97. The minimum absolute atomic E-state index is 0.128. The first kappa shape index (κ1) is 10.3. The molecule has 1 aromatic heterocycles. The zero-order chi connectivity index (χ0) is 9.68. The summed E-state index contributed by atoms with van der Waals surface area (Å²) in [5.41, 5.74) is 0. The summed E-state index contributed by atoms with van der Waals surface area (Å²) in [7, 11) is 0. The molecule has 70 valence electrons. The van der Waals surface area contributed by atoms with Crippen molar-refractivity contribution in [2.75, 3.05) is 5.75 Å². The molecule has 0 radical (unpaired) electrons. The van der Waals surface area contributed by atoms with Crippen molar-refractivity contribution in [2.45, 2.75) is 6.92 Å². The summed E-state index contributed by atoms with van der Waals surface area (Å²) in [6.07, 6.45) is 2.70. The number of hydrogen-bond donors (Lipinski definition) is 0. The van der Waals surface area contributed by atoms with Gasteiger partial charge in [-0.25, -0.2) is 14.8 Å². The van der Waals surface area contributed by atoms with Crippen LogP contribution < -0.4 is 4.74 Å². The molecule has 13 heavy (non-hydrogen) atoms. The second-order valence-corrected chi connectivity index (χ2v) is 3.51. The van der Waals surface area contributed by atoms with Gasteiger partial charge in [-0.2, -0.15) is 0 Å². The van der Waals surface area contributed by atoms with E-state index in [1.54, 1.807) is 0 Å². The number of carbonyl (C=O) groups is 1. The Morgan fingerprint density at radius 3 is 2.77 bits per heavy atom. The van der Waals surface area contributed by atoms with Crippen LogP contribution in [0.5, 0.6) is 5.75 Å². The van der Waals surface area contributed by atoms with E-state index >= 15 is 0 Å². The Kier molecular flexibility index (Phi) is 3.98. The van der Waals surface area contributed by atoms with Gasteiger partial charge in [0.05, 0.1) is 12.4 Å². The van der Waals surface area contributed by atoms with Crippen LogP contribution in [0.1, 0.15) is 6.92 Å². The van der Waals surface area contributed by atoms with Gasteiger partial charge in [-0.15, -0.1) is 0 Å². The molecule has 1 rings (SSSR count). The fourth-order valence-electron chi connectivity index (χ4n) is 0.597. The third kappa shape index (κ3) is 3.61. The molecule has 0 aromatic carbocycles. The first-order valence-electron chi connectivity index (χ1n) is 3.54. The van der Waals surface area contributed by atoms with Gasteiger partial charge in [-0.05, 0) is 23.4 Å². The zero-order valence-corrected chi connectivity index (χ0v) is 8.43. The predicted molar refractivity (Wildman–Crippen MR) is 51.2 cm³/mol. The Balaban J connectivity index is 2.54. The molecular formula is C7H7ClN2O2S. The lowest BCUT2D eigenvalue weighted by Gasteiger charge is -2.00. The van der Waals surface area contributed by atoms with Crippen LogP contribution in [0.3, 0.4) is 0 Å². The van der Waals surface area contributed by atoms with Crippen molar-refractivity contribution in [2.24, 2.45) is 0 Å². The third-order valence-corrected chi connectivity index (χ3v) is 1.86. The highest BCUT2D eigenvalue weighted by molar-refractivity contribution is 8.13. The summed E-state index contributed by atoms with van der Waals surface area (Å²) in [4.78, 5) is 18.3. The van der Waals surface area contributed by atoms with Gasteiger partial charge in [0.15, 0.2) is 5.75 Å². The van der Waals surface area contributed by atoms with Gasteiger partial charge in [-0.3, -0.25) is 0 Å². The van der Waals surface area contributed by atoms with Gasteiger partial charge < -0.3 is 4.74 Å². The Morgan fingerprint density at radius 1 is 1.62 bits per heavy atom. The molecule has 0 aliphatic heterocycles. The van der Waals surface area contributed by atoms with Crippen molar-refractivity contribution in [3.05, 3.63) is 17.7 Å². The van der Waals surface area contributed by atoms with Crippen LogP contribution in [0, 0.1) is 0 Å². The van der Waals surface area contributed by atoms with E-state index in [0.717, 1.165) is 11.8 Å².